The molecular weight excluding hydrogens is 342 g/mol. The molecule has 0 saturated carbocycles. The van der Waals surface area contributed by atoms with Crippen LogP contribution in [0.1, 0.15) is 17.7 Å². The third kappa shape index (κ3) is 6.30. The summed E-state index contributed by atoms with van der Waals surface area (Å²) in [6.45, 7) is 3.30. The van der Waals surface area contributed by atoms with Crippen LogP contribution in [-0.4, -0.2) is 65.5 Å². The third-order valence-electron chi connectivity index (χ3n) is 4.38. The van der Waals surface area contributed by atoms with Crippen molar-refractivity contribution in [1.82, 2.24) is 25.1 Å². The SMILES string of the molecule is CN(C)Cc1cc(OC2CCN(CC(=O)NCc3cccnc3)C2)ccn1. The standard InChI is InChI=1S/C20H27N5O2/c1-24(2)13-17-10-18(5-8-22-17)27-19-6-9-25(14-19)15-20(26)23-12-16-4-3-7-21-11-16/h3-5,7-8,10-11,19H,6,9,12-15H2,1-2H3,(H,23,26). The molecule has 0 aromatic carbocycles. The van der Waals surface area contributed by atoms with Crippen LogP contribution in [0.5, 0.6) is 5.75 Å². The van der Waals surface area contributed by atoms with Crippen LogP contribution in [0.4, 0.5) is 0 Å². The average molecular weight is 369 g/mol. The van der Waals surface area contributed by atoms with Crippen molar-refractivity contribution in [1.29, 1.82) is 0 Å². The Morgan fingerprint density at radius 3 is 3.04 bits per heavy atom. The summed E-state index contributed by atoms with van der Waals surface area (Å²) in [6.07, 6.45) is 6.29. The number of carbonyl (C=O) groups excluding carboxylic acids is 1. The van der Waals surface area contributed by atoms with Gasteiger partial charge in [0.15, 0.2) is 0 Å². The minimum atomic E-state index is 0.0247. The lowest BCUT2D eigenvalue weighted by molar-refractivity contribution is -0.122. The first-order valence-electron chi connectivity index (χ1n) is 9.23. The van der Waals surface area contributed by atoms with E-state index in [9.17, 15) is 4.79 Å². The Morgan fingerprint density at radius 1 is 1.37 bits per heavy atom. The molecule has 1 saturated heterocycles. The number of likely N-dealkylation sites (tertiary alicyclic amines) is 1. The first-order valence-corrected chi connectivity index (χ1v) is 9.23. The fourth-order valence-corrected chi connectivity index (χ4v) is 3.13. The van der Waals surface area contributed by atoms with Crippen molar-refractivity contribution >= 4 is 5.91 Å². The monoisotopic (exact) mass is 369 g/mol. The molecule has 1 aliphatic rings. The molecule has 1 fully saturated rings. The van der Waals surface area contributed by atoms with Gasteiger partial charge < -0.3 is 15.0 Å². The van der Waals surface area contributed by atoms with Gasteiger partial charge >= 0.3 is 0 Å². The van der Waals surface area contributed by atoms with Crippen LogP contribution >= 0.6 is 0 Å². The number of nitrogens with zero attached hydrogens (tertiary/aromatic N) is 4. The highest BCUT2D eigenvalue weighted by atomic mass is 16.5. The molecular formula is C20H27N5O2. The summed E-state index contributed by atoms with van der Waals surface area (Å²) in [7, 11) is 4.03. The molecule has 0 bridgehead atoms. The Balaban J connectivity index is 1.42. The molecule has 7 heteroatoms. The van der Waals surface area contributed by atoms with Gasteiger partial charge in [0.1, 0.15) is 11.9 Å². The Hall–Kier alpha value is -2.51. The summed E-state index contributed by atoms with van der Waals surface area (Å²) >= 11 is 0. The lowest BCUT2D eigenvalue weighted by Gasteiger charge is -2.17. The molecule has 144 valence electrons. The zero-order valence-electron chi connectivity index (χ0n) is 16.0. The molecule has 2 aromatic rings. The molecule has 3 rings (SSSR count). The van der Waals surface area contributed by atoms with Crippen molar-refractivity contribution in [3.8, 4) is 5.75 Å². The zero-order valence-corrected chi connectivity index (χ0v) is 16.0. The number of pyridine rings is 2. The molecule has 1 aliphatic heterocycles. The normalized spacial score (nSPS) is 17.2. The number of hydrogen-bond acceptors (Lipinski definition) is 6. The largest absolute Gasteiger partial charge is 0.489 e. The van der Waals surface area contributed by atoms with Crippen LogP contribution in [0.25, 0.3) is 0 Å². The topological polar surface area (TPSA) is 70.6 Å². The minimum absolute atomic E-state index is 0.0247. The number of ether oxygens (including phenoxy) is 1. The molecule has 0 spiro atoms. The second-order valence-electron chi connectivity index (χ2n) is 7.12. The number of aromatic nitrogens is 2. The van der Waals surface area contributed by atoms with Crippen molar-refractivity contribution in [3.63, 3.8) is 0 Å². The van der Waals surface area contributed by atoms with E-state index < -0.39 is 0 Å². The van der Waals surface area contributed by atoms with Crippen LogP contribution in [0.15, 0.2) is 42.9 Å². The molecule has 27 heavy (non-hydrogen) atoms. The third-order valence-corrected chi connectivity index (χ3v) is 4.38. The first kappa shape index (κ1) is 19.3. The lowest BCUT2D eigenvalue weighted by atomic mass is 10.3. The van der Waals surface area contributed by atoms with Gasteiger partial charge in [0.05, 0.1) is 12.2 Å². The summed E-state index contributed by atoms with van der Waals surface area (Å²) in [5.74, 6) is 0.867. The summed E-state index contributed by atoms with van der Waals surface area (Å²) in [6, 6.07) is 7.70. The Labute approximate surface area is 160 Å². The molecule has 0 radical (unpaired) electrons. The first-order chi connectivity index (χ1) is 13.1. The summed E-state index contributed by atoms with van der Waals surface area (Å²) in [5, 5.41) is 2.94. The molecule has 1 N–H and O–H groups in total. The fourth-order valence-electron chi connectivity index (χ4n) is 3.13. The number of carbonyl (C=O) groups is 1. The average Bonchev–Trinajstić information content (AvgIpc) is 3.07. The molecule has 1 atom stereocenters. The van der Waals surface area contributed by atoms with Crippen molar-refractivity contribution in [2.45, 2.75) is 25.6 Å². The fraction of sp³-hybridized carbons (Fsp3) is 0.450. The van der Waals surface area contributed by atoms with Gasteiger partial charge in [0.2, 0.25) is 5.91 Å². The van der Waals surface area contributed by atoms with E-state index in [4.69, 9.17) is 4.74 Å². The van der Waals surface area contributed by atoms with Gasteiger partial charge in [-0.2, -0.15) is 0 Å². The maximum atomic E-state index is 12.2. The van der Waals surface area contributed by atoms with Crippen LogP contribution < -0.4 is 10.1 Å². The van der Waals surface area contributed by atoms with Gasteiger partial charge in [-0.05, 0) is 38.2 Å². The number of nitrogens with one attached hydrogen (secondary N) is 1. The van der Waals surface area contributed by atoms with E-state index in [1.54, 1.807) is 18.6 Å². The van der Waals surface area contributed by atoms with Crippen molar-refractivity contribution in [2.75, 3.05) is 33.7 Å². The van der Waals surface area contributed by atoms with E-state index in [-0.39, 0.29) is 12.0 Å². The van der Waals surface area contributed by atoms with E-state index in [1.807, 2.05) is 38.4 Å². The molecule has 1 amide bonds. The van der Waals surface area contributed by atoms with Crippen molar-refractivity contribution in [2.24, 2.45) is 0 Å². The molecule has 1 unspecified atom stereocenters. The van der Waals surface area contributed by atoms with E-state index in [2.05, 4.69) is 25.1 Å². The summed E-state index contributed by atoms with van der Waals surface area (Å²) in [4.78, 5) is 24.8. The van der Waals surface area contributed by atoms with Gasteiger partial charge in [-0.3, -0.25) is 19.7 Å². The quantitative estimate of drug-likeness (QED) is 0.757. The maximum Gasteiger partial charge on any atom is 0.234 e. The van der Waals surface area contributed by atoms with Crippen LogP contribution in [0.2, 0.25) is 0 Å². The molecule has 7 nitrogen and oxygen atoms in total. The Kier molecular flexibility index (Phi) is 6.73. The molecule has 3 heterocycles. The smallest absolute Gasteiger partial charge is 0.234 e. The van der Waals surface area contributed by atoms with Crippen LogP contribution in [0.3, 0.4) is 0 Å². The number of hydrogen-bond donors (Lipinski definition) is 1. The van der Waals surface area contributed by atoms with Crippen molar-refractivity contribution < 1.29 is 9.53 Å². The second kappa shape index (κ2) is 9.43. The lowest BCUT2D eigenvalue weighted by Crippen LogP contribution is -2.36. The summed E-state index contributed by atoms with van der Waals surface area (Å²) < 4.78 is 6.10. The predicted molar refractivity (Wildman–Crippen MR) is 103 cm³/mol. The van der Waals surface area contributed by atoms with E-state index in [0.717, 1.165) is 43.1 Å². The van der Waals surface area contributed by atoms with Gasteiger partial charge in [-0.25, -0.2) is 0 Å². The van der Waals surface area contributed by atoms with E-state index in [1.165, 1.54) is 0 Å². The van der Waals surface area contributed by atoms with Crippen LogP contribution in [-0.2, 0) is 17.9 Å². The molecule has 0 aliphatic carbocycles. The Morgan fingerprint density at radius 2 is 2.26 bits per heavy atom. The highest BCUT2D eigenvalue weighted by Crippen LogP contribution is 2.19. The number of rotatable bonds is 8. The second-order valence-corrected chi connectivity index (χ2v) is 7.12. The highest BCUT2D eigenvalue weighted by Gasteiger charge is 2.25. The Bertz CT molecular complexity index is 738. The minimum Gasteiger partial charge on any atom is -0.489 e. The molecule has 2 aromatic heterocycles. The highest BCUT2D eigenvalue weighted by molar-refractivity contribution is 5.78. The van der Waals surface area contributed by atoms with E-state index in [0.29, 0.717) is 13.1 Å². The van der Waals surface area contributed by atoms with Gasteiger partial charge in [0.25, 0.3) is 0 Å². The van der Waals surface area contributed by atoms with E-state index >= 15 is 0 Å². The number of amides is 1. The van der Waals surface area contributed by atoms with Gasteiger partial charge in [-0.15, -0.1) is 0 Å². The zero-order chi connectivity index (χ0) is 19.1. The predicted octanol–water partition coefficient (Wildman–Crippen LogP) is 1.31. The van der Waals surface area contributed by atoms with Gasteiger partial charge in [-0.1, -0.05) is 6.07 Å². The summed E-state index contributed by atoms with van der Waals surface area (Å²) in [5.41, 5.74) is 1.99. The maximum absolute atomic E-state index is 12.2. The van der Waals surface area contributed by atoms with Gasteiger partial charge in [0, 0.05) is 50.8 Å². The van der Waals surface area contributed by atoms with Crippen molar-refractivity contribution in [3.05, 3.63) is 54.1 Å². The van der Waals surface area contributed by atoms with Crippen LogP contribution in [0, 0.1) is 0 Å².